The van der Waals surface area contributed by atoms with Crippen molar-refractivity contribution in [2.75, 3.05) is 17.3 Å². The molecule has 60 heavy (non-hydrogen) atoms. The minimum atomic E-state index is -1.65. The van der Waals surface area contributed by atoms with E-state index in [0.717, 1.165) is 0 Å². The van der Waals surface area contributed by atoms with Crippen LogP contribution in [0.4, 0.5) is 11.4 Å². The van der Waals surface area contributed by atoms with Crippen molar-refractivity contribution in [2.45, 2.75) is 9.79 Å². The van der Waals surface area contributed by atoms with Crippen molar-refractivity contribution < 1.29 is 0 Å². The van der Waals surface area contributed by atoms with Crippen LogP contribution in [0, 0.1) is 0 Å². The monoisotopic (exact) mass is 784 g/mol. The summed E-state index contributed by atoms with van der Waals surface area (Å²) in [5.41, 5.74) is 18.8. The van der Waals surface area contributed by atoms with Crippen LogP contribution in [0.2, 0.25) is 0 Å². The molecule has 1 aromatic heterocycles. The highest BCUT2D eigenvalue weighted by atomic mass is 32.3. The summed E-state index contributed by atoms with van der Waals surface area (Å²) in [6.07, 6.45) is 5.06. The molecule has 3 heterocycles. The molecule has 0 aliphatic carbocycles. The minimum absolute atomic E-state index is 0.134. The summed E-state index contributed by atoms with van der Waals surface area (Å²) >= 11 is 0. The molecular formula is C56H41BN2S. The van der Waals surface area contributed by atoms with Crippen molar-refractivity contribution in [3.63, 3.8) is 0 Å². The zero-order chi connectivity index (χ0) is 40.0. The van der Waals surface area contributed by atoms with E-state index in [9.17, 15) is 0 Å². The Labute approximate surface area is 353 Å². The predicted molar refractivity (Wildman–Crippen MR) is 259 cm³/mol. The lowest BCUT2D eigenvalue weighted by Crippen LogP contribution is -2.59. The Hall–Kier alpha value is -7.01. The van der Waals surface area contributed by atoms with E-state index in [0.29, 0.717) is 0 Å². The molecule has 2 aliphatic rings. The van der Waals surface area contributed by atoms with Crippen molar-refractivity contribution in [2.24, 2.45) is 0 Å². The van der Waals surface area contributed by atoms with Crippen LogP contribution in [-0.2, 0) is 0 Å². The number of nitrogens with zero attached hydrogens (tertiary/aromatic N) is 2. The van der Waals surface area contributed by atoms with E-state index in [2.05, 4.69) is 234 Å². The highest BCUT2D eigenvalue weighted by molar-refractivity contribution is 8.33. The lowest BCUT2D eigenvalue weighted by Gasteiger charge is -2.50. The summed E-state index contributed by atoms with van der Waals surface area (Å²) < 4.78 is 2.53. The number of para-hydroxylation sites is 3. The number of aromatic nitrogens is 1. The number of fused-ring (bicyclic) bond motifs is 7. The molecule has 10 aromatic rings. The van der Waals surface area contributed by atoms with Gasteiger partial charge in [0.1, 0.15) is 0 Å². The van der Waals surface area contributed by atoms with E-state index in [4.69, 9.17) is 0 Å². The fraction of sp³-hybridized carbons (Fsp3) is 0.0357. The topological polar surface area (TPSA) is 8.17 Å². The second-order valence-electron chi connectivity index (χ2n) is 16.5. The lowest BCUT2D eigenvalue weighted by molar-refractivity contribution is 1.17. The third kappa shape index (κ3) is 5.17. The minimum Gasteiger partial charge on any atom is -0.374 e. The van der Waals surface area contributed by atoms with Crippen molar-refractivity contribution in [1.29, 1.82) is 0 Å². The Morgan fingerprint density at radius 2 is 0.833 bits per heavy atom. The fourth-order valence-corrected chi connectivity index (χ4v) is 12.6. The number of anilines is 2. The van der Waals surface area contributed by atoms with Gasteiger partial charge in [-0.1, -0.05) is 176 Å². The standard InChI is InChI=1S/C56H41BN2S/c1-60(2)52-36-42(38-20-7-3-8-21-38)34-46(40-24-11-5-12-25-40)55(52)59(56-47(41-26-13-6-14-27-41)35-43(37-53(56)60)39-22-9-4-10-23-39)57-48-30-16-18-33-51(48)58-50-32-17-15-28-44(50)45-29-19-31-49(57)54(45)58/h3-37H,1-2H3. The Balaban J connectivity index is 1.28. The first-order chi connectivity index (χ1) is 29.6. The maximum Gasteiger partial charge on any atom is 0.332 e. The Morgan fingerprint density at radius 1 is 0.383 bits per heavy atom. The second-order valence-corrected chi connectivity index (χ2v) is 20.0. The number of benzene rings is 9. The predicted octanol–water partition coefficient (Wildman–Crippen LogP) is 13.5. The van der Waals surface area contributed by atoms with Gasteiger partial charge in [0.15, 0.2) is 0 Å². The van der Waals surface area contributed by atoms with Crippen molar-refractivity contribution in [3.05, 3.63) is 212 Å². The van der Waals surface area contributed by atoms with Gasteiger partial charge in [-0.2, -0.15) is 10.0 Å². The van der Waals surface area contributed by atoms with Gasteiger partial charge in [0, 0.05) is 37.4 Å². The van der Waals surface area contributed by atoms with Gasteiger partial charge in [0.05, 0.1) is 22.4 Å². The molecular weight excluding hydrogens is 744 g/mol. The maximum atomic E-state index is 2.78. The molecule has 0 fully saturated rings. The molecule has 0 amide bonds. The first-order valence-corrected chi connectivity index (χ1v) is 23.2. The molecule has 4 heteroatoms. The number of rotatable bonds is 5. The van der Waals surface area contributed by atoms with E-state index in [1.165, 1.54) is 104 Å². The summed E-state index contributed by atoms with van der Waals surface area (Å²) in [4.78, 5) is 5.58. The maximum absolute atomic E-state index is 2.78. The van der Waals surface area contributed by atoms with Crippen LogP contribution in [-0.4, -0.2) is 23.9 Å². The normalized spacial score (nSPS) is 14.1. The molecule has 2 aliphatic heterocycles. The molecule has 0 unspecified atom stereocenters. The quantitative estimate of drug-likeness (QED) is 0.158. The molecule has 9 aromatic carbocycles. The highest BCUT2D eigenvalue weighted by Gasteiger charge is 2.46. The van der Waals surface area contributed by atoms with E-state index in [-0.39, 0.29) is 6.85 Å². The smallest absolute Gasteiger partial charge is 0.332 e. The van der Waals surface area contributed by atoms with Gasteiger partial charge < -0.3 is 9.38 Å². The first kappa shape index (κ1) is 35.0. The van der Waals surface area contributed by atoms with Crippen LogP contribution in [0.25, 0.3) is 72.0 Å². The van der Waals surface area contributed by atoms with Gasteiger partial charge >= 0.3 is 6.85 Å². The lowest BCUT2D eigenvalue weighted by atomic mass is 9.46. The van der Waals surface area contributed by atoms with Gasteiger partial charge in [-0.15, -0.1) is 0 Å². The van der Waals surface area contributed by atoms with E-state index in [1.54, 1.807) is 0 Å². The SMILES string of the molecule is CS1(C)c2cc(-c3ccccc3)cc(-c3ccccc3)c2N(B2c3ccccc3-n3c4ccccc4c4cccc2c43)c2c(-c3ccccc3)cc(-c3ccccc3)cc21. The molecule has 0 atom stereocenters. The van der Waals surface area contributed by atoms with Crippen LogP contribution in [0.3, 0.4) is 0 Å². The van der Waals surface area contributed by atoms with Crippen LogP contribution >= 0.6 is 10.0 Å². The first-order valence-electron chi connectivity index (χ1n) is 20.8. The zero-order valence-electron chi connectivity index (χ0n) is 33.6. The molecule has 0 radical (unpaired) electrons. The Kier molecular flexibility index (Phi) is 7.88. The number of hydrogen-bond donors (Lipinski definition) is 0. The number of hydrogen-bond acceptors (Lipinski definition) is 1. The Bertz CT molecular complexity index is 3150. The molecule has 0 saturated carbocycles. The molecule has 0 spiro atoms. The van der Waals surface area contributed by atoms with Crippen molar-refractivity contribution in [3.8, 4) is 50.2 Å². The van der Waals surface area contributed by atoms with Gasteiger partial charge in [-0.25, -0.2) is 0 Å². The van der Waals surface area contributed by atoms with Crippen LogP contribution in [0.15, 0.2) is 222 Å². The third-order valence-electron chi connectivity index (χ3n) is 12.9. The third-order valence-corrected chi connectivity index (χ3v) is 15.7. The Morgan fingerprint density at radius 3 is 1.40 bits per heavy atom. The van der Waals surface area contributed by atoms with E-state index < -0.39 is 10.0 Å². The largest absolute Gasteiger partial charge is 0.374 e. The van der Waals surface area contributed by atoms with Crippen molar-refractivity contribution >= 4 is 61.0 Å². The van der Waals surface area contributed by atoms with Gasteiger partial charge in [0.2, 0.25) is 0 Å². The summed E-state index contributed by atoms with van der Waals surface area (Å²) in [5.74, 6) is 0. The van der Waals surface area contributed by atoms with Gasteiger partial charge in [0.25, 0.3) is 0 Å². The highest BCUT2D eigenvalue weighted by Crippen LogP contribution is 2.70. The summed E-state index contributed by atoms with van der Waals surface area (Å²) in [5, 5.41) is 2.57. The van der Waals surface area contributed by atoms with Crippen LogP contribution in [0.5, 0.6) is 0 Å². The summed E-state index contributed by atoms with van der Waals surface area (Å²) in [6, 6.07) is 79.1. The molecule has 284 valence electrons. The van der Waals surface area contributed by atoms with Gasteiger partial charge in [-0.3, -0.25) is 0 Å². The zero-order valence-corrected chi connectivity index (χ0v) is 34.4. The van der Waals surface area contributed by atoms with Crippen molar-refractivity contribution in [1.82, 2.24) is 4.57 Å². The summed E-state index contributed by atoms with van der Waals surface area (Å²) in [6.45, 7) is -0.134. The molecule has 12 rings (SSSR count). The average molecular weight is 785 g/mol. The molecule has 0 bridgehead atoms. The van der Waals surface area contributed by atoms with Gasteiger partial charge in [-0.05, 0) is 93.2 Å². The van der Waals surface area contributed by atoms with E-state index >= 15 is 0 Å². The van der Waals surface area contributed by atoms with Crippen LogP contribution in [0.1, 0.15) is 0 Å². The summed E-state index contributed by atoms with van der Waals surface area (Å²) in [7, 11) is -1.65. The fourth-order valence-electron chi connectivity index (χ4n) is 10.1. The second kappa shape index (κ2) is 13.5. The molecule has 0 N–H and O–H groups in total. The molecule has 0 saturated heterocycles. The molecule has 2 nitrogen and oxygen atoms in total. The van der Waals surface area contributed by atoms with Crippen LogP contribution < -0.4 is 15.7 Å². The van der Waals surface area contributed by atoms with E-state index in [1.807, 2.05) is 0 Å². The average Bonchev–Trinajstić information content (AvgIpc) is 3.66.